The molecule has 2 rings (SSSR count). The first-order valence-electron chi connectivity index (χ1n) is 4.70. The van der Waals surface area contributed by atoms with Gasteiger partial charge in [-0.25, -0.2) is 4.58 Å². The van der Waals surface area contributed by atoms with Gasteiger partial charge < -0.3 is 0 Å². The van der Waals surface area contributed by atoms with E-state index in [1.165, 1.54) is 6.40 Å². The molecule has 0 aliphatic rings. The molecule has 82 valence electrons. The van der Waals surface area contributed by atoms with Crippen molar-refractivity contribution in [1.82, 2.24) is 15.2 Å². The lowest BCUT2D eigenvalue weighted by Gasteiger charge is -1.99. The molecule has 6 nitrogen and oxygen atoms in total. The van der Waals surface area contributed by atoms with Crippen LogP contribution in [-0.2, 0) is 0 Å². The van der Waals surface area contributed by atoms with E-state index in [1.807, 2.05) is 0 Å². The number of benzene rings is 1. The molecule has 0 atom stereocenters. The molecular formula is C10H11N4O2+. The first-order valence-corrected chi connectivity index (χ1v) is 4.70. The number of aromatic nitrogens is 3. The van der Waals surface area contributed by atoms with Crippen LogP contribution in [0.25, 0.3) is 10.9 Å². The number of hydrogen-bond donors (Lipinski definition) is 0. The number of hydrogen-bond acceptors (Lipinski definition) is 4. The van der Waals surface area contributed by atoms with Crippen LogP contribution in [0.4, 0.5) is 0 Å². The molecule has 6 heteroatoms. The zero-order valence-corrected chi connectivity index (χ0v) is 8.99. The summed E-state index contributed by atoms with van der Waals surface area (Å²) >= 11 is 0. The van der Waals surface area contributed by atoms with Crippen molar-refractivity contribution >= 4 is 17.3 Å². The first-order chi connectivity index (χ1) is 7.68. The van der Waals surface area contributed by atoms with Crippen molar-refractivity contribution < 1.29 is 9.41 Å². The molecule has 0 bridgehead atoms. The van der Waals surface area contributed by atoms with Gasteiger partial charge in [-0.2, -0.15) is 0 Å². The molecule has 1 aromatic carbocycles. The van der Waals surface area contributed by atoms with E-state index in [1.54, 1.807) is 42.9 Å². The van der Waals surface area contributed by atoms with Gasteiger partial charge in [0.25, 0.3) is 0 Å². The fourth-order valence-corrected chi connectivity index (χ4v) is 1.18. The Kier molecular flexibility index (Phi) is 2.63. The van der Waals surface area contributed by atoms with E-state index in [4.69, 9.17) is 4.84 Å². The maximum atomic E-state index is 11.8. The van der Waals surface area contributed by atoms with E-state index in [0.29, 0.717) is 10.9 Å². The Labute approximate surface area is 91.3 Å². The molecule has 2 aromatic rings. The molecule has 1 aromatic heterocycles. The van der Waals surface area contributed by atoms with Gasteiger partial charge in [-0.05, 0) is 22.2 Å². The fraction of sp³-hybridized carbons (Fsp3) is 0.200. The zero-order chi connectivity index (χ0) is 11.5. The van der Waals surface area contributed by atoms with E-state index in [-0.39, 0.29) is 5.56 Å². The molecule has 0 radical (unpaired) electrons. The second-order valence-electron chi connectivity index (χ2n) is 3.46. The van der Waals surface area contributed by atoms with Gasteiger partial charge in [-0.1, -0.05) is 12.1 Å². The summed E-state index contributed by atoms with van der Waals surface area (Å²) in [5, 5.41) is 8.00. The minimum Gasteiger partial charge on any atom is -0.296 e. The maximum Gasteiger partial charge on any atom is 0.351 e. The molecule has 0 unspecified atom stereocenters. The summed E-state index contributed by atoms with van der Waals surface area (Å²) in [4.78, 5) is 17.7. The Morgan fingerprint density at radius 1 is 1.38 bits per heavy atom. The van der Waals surface area contributed by atoms with Crippen molar-refractivity contribution in [2.75, 3.05) is 14.1 Å². The number of fused-ring (bicyclic) bond motifs is 1. The quantitative estimate of drug-likeness (QED) is 0.389. The minimum absolute atomic E-state index is 0.330. The highest BCUT2D eigenvalue weighted by Crippen LogP contribution is 2.02. The summed E-state index contributed by atoms with van der Waals surface area (Å²) in [6, 6.07) is 6.98. The monoisotopic (exact) mass is 219 g/mol. The molecular weight excluding hydrogens is 208 g/mol. The third-order valence-corrected chi connectivity index (χ3v) is 1.90. The largest absolute Gasteiger partial charge is 0.351 e. The molecule has 0 aliphatic heterocycles. The Bertz CT molecular complexity index is 599. The van der Waals surface area contributed by atoms with Crippen molar-refractivity contribution in [1.29, 1.82) is 0 Å². The predicted molar refractivity (Wildman–Crippen MR) is 58.6 cm³/mol. The molecule has 0 N–H and O–H groups in total. The fourth-order valence-electron chi connectivity index (χ4n) is 1.18. The van der Waals surface area contributed by atoms with Crippen molar-refractivity contribution in [3.8, 4) is 0 Å². The molecule has 0 saturated heterocycles. The topological polar surface area (TPSA) is 60.0 Å². The Balaban J connectivity index is 2.53. The van der Waals surface area contributed by atoms with Gasteiger partial charge in [0.1, 0.15) is 19.6 Å². The summed E-state index contributed by atoms with van der Waals surface area (Å²) in [5.41, 5.74) is 0.223. The van der Waals surface area contributed by atoms with Crippen molar-refractivity contribution in [3.05, 3.63) is 34.6 Å². The highest BCUT2D eigenvalue weighted by Gasteiger charge is 2.05. The van der Waals surface area contributed by atoms with Gasteiger partial charge in [0.2, 0.25) is 0 Å². The number of nitrogens with zero attached hydrogens (tertiary/aromatic N) is 4. The van der Waals surface area contributed by atoms with Crippen LogP contribution < -0.4 is 10.4 Å². The van der Waals surface area contributed by atoms with E-state index in [9.17, 15) is 4.79 Å². The van der Waals surface area contributed by atoms with Crippen molar-refractivity contribution in [3.63, 3.8) is 0 Å². The van der Waals surface area contributed by atoms with Gasteiger partial charge in [-0.15, -0.1) is 5.10 Å². The van der Waals surface area contributed by atoms with E-state index in [0.717, 1.165) is 4.85 Å². The van der Waals surface area contributed by atoms with Gasteiger partial charge in [0.15, 0.2) is 0 Å². The average molecular weight is 219 g/mol. The summed E-state index contributed by atoms with van der Waals surface area (Å²) in [6.07, 6.45) is 1.37. The van der Waals surface area contributed by atoms with Gasteiger partial charge >= 0.3 is 12.0 Å². The highest BCUT2D eigenvalue weighted by atomic mass is 16.7. The highest BCUT2D eigenvalue weighted by molar-refractivity contribution is 5.76. The summed E-state index contributed by atoms with van der Waals surface area (Å²) in [6.45, 7) is 0. The second-order valence-corrected chi connectivity index (χ2v) is 3.46. The van der Waals surface area contributed by atoms with Crippen LogP contribution in [0.3, 0.4) is 0 Å². The number of rotatable bonds is 2. The van der Waals surface area contributed by atoms with Gasteiger partial charge in [0, 0.05) is 0 Å². The summed E-state index contributed by atoms with van der Waals surface area (Å²) < 4.78 is 1.66. The van der Waals surface area contributed by atoms with Crippen molar-refractivity contribution in [2.45, 2.75) is 0 Å². The molecule has 0 saturated carbocycles. The third kappa shape index (κ3) is 1.90. The minimum atomic E-state index is -0.330. The van der Waals surface area contributed by atoms with Crippen LogP contribution in [-0.4, -0.2) is 40.2 Å². The zero-order valence-electron chi connectivity index (χ0n) is 8.99. The van der Waals surface area contributed by atoms with Gasteiger partial charge in [0.05, 0.1) is 5.39 Å². The lowest BCUT2D eigenvalue weighted by molar-refractivity contribution is -0.468. The van der Waals surface area contributed by atoms with Crippen molar-refractivity contribution in [2.24, 2.45) is 0 Å². The van der Waals surface area contributed by atoms with E-state index in [2.05, 4.69) is 10.3 Å². The third-order valence-electron chi connectivity index (χ3n) is 1.90. The van der Waals surface area contributed by atoms with E-state index < -0.39 is 0 Å². The van der Waals surface area contributed by atoms with E-state index >= 15 is 0 Å². The first kappa shape index (κ1) is 10.3. The van der Waals surface area contributed by atoms with Crippen LogP contribution in [0.15, 0.2) is 29.1 Å². The van der Waals surface area contributed by atoms with Gasteiger partial charge in [-0.3, -0.25) is 9.63 Å². The van der Waals surface area contributed by atoms with Crippen LogP contribution in [0.5, 0.6) is 0 Å². The SMILES string of the molecule is C[N+](C)=COn1nnc2ccccc2c1=O. The molecule has 1 heterocycles. The predicted octanol–water partition coefficient (Wildman–Crippen LogP) is -0.480. The second kappa shape index (κ2) is 4.09. The average Bonchev–Trinajstić information content (AvgIpc) is 2.28. The Morgan fingerprint density at radius 3 is 2.88 bits per heavy atom. The molecule has 0 amide bonds. The summed E-state index contributed by atoms with van der Waals surface area (Å²) in [7, 11) is 3.55. The van der Waals surface area contributed by atoms with Crippen LogP contribution in [0, 0.1) is 0 Å². The lowest BCUT2D eigenvalue weighted by Crippen LogP contribution is -2.31. The lowest BCUT2D eigenvalue weighted by atomic mass is 10.2. The maximum absolute atomic E-state index is 11.8. The van der Waals surface area contributed by atoms with Crippen LogP contribution in [0.1, 0.15) is 0 Å². The smallest absolute Gasteiger partial charge is 0.296 e. The standard InChI is InChI=1S/C10H11N4O2/c1-13(2)7-16-14-10(15)8-5-3-4-6-9(8)11-12-14/h3-7H,1-2H3/q+1. The van der Waals surface area contributed by atoms with Crippen LogP contribution in [0.2, 0.25) is 0 Å². The molecule has 0 spiro atoms. The summed E-state index contributed by atoms with van der Waals surface area (Å²) in [5.74, 6) is 0. The molecule has 0 aliphatic carbocycles. The normalized spacial score (nSPS) is 10.1. The van der Waals surface area contributed by atoms with Crippen LogP contribution >= 0.6 is 0 Å². The molecule has 16 heavy (non-hydrogen) atoms. The Morgan fingerprint density at radius 2 is 2.12 bits per heavy atom. The molecule has 0 fully saturated rings. The Hall–Kier alpha value is -2.24.